The summed E-state index contributed by atoms with van der Waals surface area (Å²) in [5, 5.41) is 5.82. The minimum atomic E-state index is -0.127. The summed E-state index contributed by atoms with van der Waals surface area (Å²) in [4.78, 5) is 24.9. The Kier molecular flexibility index (Phi) is 5.39. The Balaban J connectivity index is 1.58. The average Bonchev–Trinajstić information content (AvgIpc) is 3.28. The SMILES string of the molecule is COc1ccc(NC(=O)CN(C)c2nc(-c3cccs3)nc3ccccc23)cc1. The minimum Gasteiger partial charge on any atom is -0.497 e. The van der Waals surface area contributed by atoms with Crippen LogP contribution in [-0.4, -0.2) is 36.6 Å². The second-order valence-electron chi connectivity index (χ2n) is 6.50. The fraction of sp³-hybridized carbons (Fsp3) is 0.136. The molecule has 0 unspecified atom stereocenters. The monoisotopic (exact) mass is 404 g/mol. The lowest BCUT2D eigenvalue weighted by molar-refractivity contribution is -0.114. The third-order valence-corrected chi connectivity index (χ3v) is 5.31. The van der Waals surface area contributed by atoms with Gasteiger partial charge < -0.3 is 15.0 Å². The Labute approximate surface area is 172 Å². The molecule has 0 saturated heterocycles. The molecule has 0 radical (unpaired) electrons. The number of hydrogen-bond acceptors (Lipinski definition) is 6. The van der Waals surface area contributed by atoms with Gasteiger partial charge in [0.15, 0.2) is 5.82 Å². The van der Waals surface area contributed by atoms with Gasteiger partial charge >= 0.3 is 0 Å². The number of aromatic nitrogens is 2. The first-order valence-electron chi connectivity index (χ1n) is 9.10. The predicted octanol–water partition coefficient (Wildman–Crippen LogP) is 4.44. The lowest BCUT2D eigenvalue weighted by Gasteiger charge is -2.20. The summed E-state index contributed by atoms with van der Waals surface area (Å²) in [6.07, 6.45) is 0. The molecule has 1 N–H and O–H groups in total. The molecule has 4 aromatic rings. The van der Waals surface area contributed by atoms with Gasteiger partial charge in [-0.3, -0.25) is 4.79 Å². The highest BCUT2D eigenvalue weighted by atomic mass is 32.1. The summed E-state index contributed by atoms with van der Waals surface area (Å²) >= 11 is 1.59. The van der Waals surface area contributed by atoms with E-state index < -0.39 is 0 Å². The topological polar surface area (TPSA) is 67.3 Å². The number of methoxy groups -OCH3 is 1. The second kappa shape index (κ2) is 8.28. The van der Waals surface area contributed by atoms with Gasteiger partial charge in [-0.25, -0.2) is 9.97 Å². The molecule has 0 aliphatic heterocycles. The minimum absolute atomic E-state index is 0.127. The molecule has 2 aromatic heterocycles. The number of para-hydroxylation sites is 1. The number of nitrogens with one attached hydrogen (secondary N) is 1. The van der Waals surface area contributed by atoms with Crippen molar-refractivity contribution in [2.75, 3.05) is 30.9 Å². The van der Waals surface area contributed by atoms with E-state index in [1.807, 2.05) is 78.0 Å². The Morgan fingerprint density at radius 1 is 1.07 bits per heavy atom. The molecule has 0 bridgehead atoms. The van der Waals surface area contributed by atoms with Crippen molar-refractivity contribution < 1.29 is 9.53 Å². The molecule has 0 spiro atoms. The number of anilines is 2. The molecular weight excluding hydrogens is 384 g/mol. The molecule has 4 rings (SSSR count). The molecule has 0 saturated carbocycles. The molecule has 29 heavy (non-hydrogen) atoms. The van der Waals surface area contributed by atoms with E-state index in [0.29, 0.717) is 5.82 Å². The number of hydrogen-bond donors (Lipinski definition) is 1. The number of amides is 1. The van der Waals surface area contributed by atoms with Crippen LogP contribution in [0.1, 0.15) is 0 Å². The quantitative estimate of drug-likeness (QED) is 0.515. The predicted molar refractivity (Wildman–Crippen MR) is 118 cm³/mol. The van der Waals surface area contributed by atoms with Crippen molar-refractivity contribution in [3.8, 4) is 16.5 Å². The van der Waals surface area contributed by atoms with E-state index in [-0.39, 0.29) is 12.5 Å². The average molecular weight is 404 g/mol. The Morgan fingerprint density at radius 2 is 1.86 bits per heavy atom. The number of fused-ring (bicyclic) bond motifs is 1. The highest BCUT2D eigenvalue weighted by molar-refractivity contribution is 7.13. The largest absolute Gasteiger partial charge is 0.497 e. The summed E-state index contributed by atoms with van der Waals surface area (Å²) < 4.78 is 5.14. The molecule has 0 fully saturated rings. The van der Waals surface area contributed by atoms with Crippen LogP contribution < -0.4 is 15.0 Å². The molecule has 146 valence electrons. The molecule has 1 amide bonds. The lowest BCUT2D eigenvalue weighted by atomic mass is 10.2. The Hall–Kier alpha value is -3.45. The van der Waals surface area contributed by atoms with E-state index in [1.54, 1.807) is 18.4 Å². The molecule has 2 aromatic carbocycles. The van der Waals surface area contributed by atoms with Gasteiger partial charge in [0.05, 0.1) is 24.0 Å². The van der Waals surface area contributed by atoms with Crippen molar-refractivity contribution >= 4 is 39.7 Å². The van der Waals surface area contributed by atoms with E-state index in [2.05, 4.69) is 10.3 Å². The van der Waals surface area contributed by atoms with E-state index >= 15 is 0 Å². The summed E-state index contributed by atoms with van der Waals surface area (Å²) in [7, 11) is 3.47. The van der Waals surface area contributed by atoms with Crippen LogP contribution in [0.5, 0.6) is 5.75 Å². The van der Waals surface area contributed by atoms with Gasteiger partial charge in [-0.1, -0.05) is 18.2 Å². The first-order chi connectivity index (χ1) is 14.1. The Morgan fingerprint density at radius 3 is 2.59 bits per heavy atom. The maximum Gasteiger partial charge on any atom is 0.243 e. The fourth-order valence-corrected chi connectivity index (χ4v) is 3.69. The summed E-state index contributed by atoms with van der Waals surface area (Å²) in [5.41, 5.74) is 1.57. The van der Waals surface area contributed by atoms with Gasteiger partial charge in [-0.05, 0) is 47.8 Å². The maximum atomic E-state index is 12.6. The van der Waals surface area contributed by atoms with E-state index in [1.165, 1.54) is 0 Å². The van der Waals surface area contributed by atoms with Gasteiger partial charge in [-0.15, -0.1) is 11.3 Å². The standard InChI is InChI=1S/C22H20N4O2S/c1-26(14-20(27)23-15-9-11-16(28-2)12-10-15)22-17-6-3-4-7-18(17)24-21(25-22)19-8-5-13-29-19/h3-13H,14H2,1-2H3,(H,23,27). The zero-order chi connectivity index (χ0) is 20.2. The zero-order valence-electron chi connectivity index (χ0n) is 16.1. The van der Waals surface area contributed by atoms with Crippen LogP contribution in [0.4, 0.5) is 11.5 Å². The van der Waals surface area contributed by atoms with Gasteiger partial charge in [0.2, 0.25) is 5.91 Å². The number of carbonyl (C=O) groups is 1. The number of rotatable bonds is 6. The molecule has 6 nitrogen and oxygen atoms in total. The third kappa shape index (κ3) is 4.20. The van der Waals surface area contributed by atoms with E-state index in [4.69, 9.17) is 9.72 Å². The number of likely N-dealkylation sites (N-methyl/N-ethyl adjacent to an activating group) is 1. The lowest BCUT2D eigenvalue weighted by Crippen LogP contribution is -2.31. The first kappa shape index (κ1) is 18.9. The van der Waals surface area contributed by atoms with Crippen molar-refractivity contribution in [3.05, 3.63) is 66.0 Å². The van der Waals surface area contributed by atoms with Crippen molar-refractivity contribution in [3.63, 3.8) is 0 Å². The first-order valence-corrected chi connectivity index (χ1v) is 9.98. The molecule has 7 heteroatoms. The van der Waals surface area contributed by atoms with Gasteiger partial charge in [0.25, 0.3) is 0 Å². The van der Waals surface area contributed by atoms with Crippen molar-refractivity contribution in [1.29, 1.82) is 0 Å². The number of carbonyl (C=O) groups excluding carboxylic acids is 1. The van der Waals surface area contributed by atoms with Gasteiger partial charge in [-0.2, -0.15) is 0 Å². The van der Waals surface area contributed by atoms with Crippen molar-refractivity contribution in [1.82, 2.24) is 9.97 Å². The van der Waals surface area contributed by atoms with Crippen LogP contribution in [0.2, 0.25) is 0 Å². The molecule has 0 aliphatic carbocycles. The third-order valence-electron chi connectivity index (χ3n) is 4.44. The smallest absolute Gasteiger partial charge is 0.243 e. The fourth-order valence-electron chi connectivity index (χ4n) is 3.03. The molecule has 0 atom stereocenters. The number of ether oxygens (including phenoxy) is 1. The summed E-state index contributed by atoms with van der Waals surface area (Å²) in [5.74, 6) is 2.01. The van der Waals surface area contributed by atoms with Crippen LogP contribution in [0, 0.1) is 0 Å². The summed E-state index contributed by atoms with van der Waals surface area (Å²) in [6, 6.07) is 19.0. The van der Waals surface area contributed by atoms with Crippen molar-refractivity contribution in [2.24, 2.45) is 0 Å². The van der Waals surface area contributed by atoms with Crippen LogP contribution in [0.25, 0.3) is 21.6 Å². The normalized spacial score (nSPS) is 10.7. The second-order valence-corrected chi connectivity index (χ2v) is 7.45. The van der Waals surface area contributed by atoms with Crippen LogP contribution in [-0.2, 0) is 4.79 Å². The Bertz CT molecular complexity index is 1130. The van der Waals surface area contributed by atoms with Crippen LogP contribution >= 0.6 is 11.3 Å². The number of nitrogens with zero attached hydrogens (tertiary/aromatic N) is 3. The molecule has 0 aliphatic rings. The number of benzene rings is 2. The highest BCUT2D eigenvalue weighted by Gasteiger charge is 2.15. The van der Waals surface area contributed by atoms with Gasteiger partial charge in [0, 0.05) is 18.1 Å². The molecule has 2 heterocycles. The van der Waals surface area contributed by atoms with E-state index in [9.17, 15) is 4.79 Å². The zero-order valence-corrected chi connectivity index (χ0v) is 16.9. The summed E-state index contributed by atoms with van der Waals surface area (Å²) in [6.45, 7) is 0.164. The van der Waals surface area contributed by atoms with Crippen LogP contribution in [0.15, 0.2) is 66.0 Å². The molecular formula is C22H20N4O2S. The van der Waals surface area contributed by atoms with Crippen LogP contribution in [0.3, 0.4) is 0 Å². The number of thiophene rings is 1. The maximum absolute atomic E-state index is 12.6. The van der Waals surface area contributed by atoms with Crippen molar-refractivity contribution in [2.45, 2.75) is 0 Å². The van der Waals surface area contributed by atoms with E-state index in [0.717, 1.165) is 33.0 Å². The van der Waals surface area contributed by atoms with Gasteiger partial charge in [0.1, 0.15) is 11.6 Å². The highest BCUT2D eigenvalue weighted by Crippen LogP contribution is 2.29.